The van der Waals surface area contributed by atoms with Crippen LogP contribution in [0, 0.1) is 12.8 Å². The average Bonchev–Trinajstić information content (AvgIpc) is 2.52. The van der Waals surface area contributed by atoms with Crippen molar-refractivity contribution in [3.05, 3.63) is 58.9 Å². The Morgan fingerprint density at radius 1 is 1.26 bits per heavy atom. The molecule has 2 N–H and O–H groups in total. The number of nitrogens with zero attached hydrogens (tertiary/aromatic N) is 1. The monoisotopic (exact) mass is 331 g/mol. The minimum Gasteiger partial charge on any atom is -0.325 e. The number of benzene rings is 1. The molecule has 0 aliphatic rings. The van der Waals surface area contributed by atoms with E-state index in [1.165, 1.54) is 0 Å². The maximum atomic E-state index is 12.1. The normalized spacial score (nSPS) is 12.2. The number of carbonyl (C=O) groups excluding carboxylic acids is 1. The number of aryl methyl sites for hydroxylation is 1. The molecule has 0 saturated carbocycles. The Bertz CT molecular complexity index is 659. The Labute approximate surface area is 142 Å². The van der Waals surface area contributed by atoms with Gasteiger partial charge in [-0.3, -0.25) is 15.1 Å². The first-order valence-corrected chi connectivity index (χ1v) is 8.05. The molecule has 0 fully saturated rings. The number of amides is 1. The van der Waals surface area contributed by atoms with E-state index in [1.807, 2.05) is 31.2 Å². The second-order valence-corrected chi connectivity index (χ2v) is 6.28. The molecule has 2 rings (SSSR count). The van der Waals surface area contributed by atoms with E-state index in [0.29, 0.717) is 10.9 Å². The molecule has 0 bridgehead atoms. The second-order valence-electron chi connectivity index (χ2n) is 5.87. The summed E-state index contributed by atoms with van der Waals surface area (Å²) in [6.45, 7) is 6.34. The zero-order valence-electron chi connectivity index (χ0n) is 13.6. The number of carbonyl (C=O) groups is 1. The first-order valence-electron chi connectivity index (χ1n) is 7.67. The zero-order valence-corrected chi connectivity index (χ0v) is 14.4. The minimum absolute atomic E-state index is 0.0360. The number of hydrogen-bond donors (Lipinski definition) is 2. The van der Waals surface area contributed by atoms with Crippen molar-refractivity contribution in [1.82, 2.24) is 10.3 Å². The largest absolute Gasteiger partial charge is 0.325 e. The molecule has 2 aromatic rings. The van der Waals surface area contributed by atoms with Gasteiger partial charge in [0.1, 0.15) is 0 Å². The van der Waals surface area contributed by atoms with Crippen LogP contribution in [0.25, 0.3) is 0 Å². The summed E-state index contributed by atoms with van der Waals surface area (Å²) in [6.07, 6.45) is 1.77. The standard InChI is InChI=1S/C18H22ClN3O/c1-12(2)18(16-6-4-5-9-20-16)21-11-17(23)22-14-7-8-15(19)13(3)10-14/h4-10,12,18,21H,11H2,1-3H3,(H,22,23)/t18-/m0/s1. The van der Waals surface area contributed by atoms with Crippen LogP contribution in [-0.4, -0.2) is 17.4 Å². The zero-order chi connectivity index (χ0) is 16.8. The summed E-state index contributed by atoms with van der Waals surface area (Å²) in [6, 6.07) is 11.3. The predicted octanol–water partition coefficient (Wildman–Crippen LogP) is 3.97. The number of rotatable bonds is 6. The van der Waals surface area contributed by atoms with Gasteiger partial charge in [-0.1, -0.05) is 31.5 Å². The summed E-state index contributed by atoms with van der Waals surface area (Å²) >= 11 is 5.99. The highest BCUT2D eigenvalue weighted by Crippen LogP contribution is 2.20. The van der Waals surface area contributed by atoms with Crippen LogP contribution in [0.3, 0.4) is 0 Å². The Morgan fingerprint density at radius 3 is 2.65 bits per heavy atom. The van der Waals surface area contributed by atoms with Gasteiger partial charge in [0.15, 0.2) is 0 Å². The molecule has 1 atom stereocenters. The molecule has 1 aromatic heterocycles. The fraction of sp³-hybridized carbons (Fsp3) is 0.333. The fourth-order valence-corrected chi connectivity index (χ4v) is 2.49. The van der Waals surface area contributed by atoms with Gasteiger partial charge in [-0.15, -0.1) is 0 Å². The quantitative estimate of drug-likeness (QED) is 0.842. The van der Waals surface area contributed by atoms with Gasteiger partial charge in [0, 0.05) is 16.9 Å². The van der Waals surface area contributed by atoms with Gasteiger partial charge in [0.25, 0.3) is 0 Å². The van der Waals surface area contributed by atoms with Crippen molar-refractivity contribution >= 4 is 23.2 Å². The van der Waals surface area contributed by atoms with Crippen molar-refractivity contribution in [3.8, 4) is 0 Å². The number of aromatic nitrogens is 1. The molecular formula is C18H22ClN3O. The van der Waals surface area contributed by atoms with Crippen molar-refractivity contribution in [2.45, 2.75) is 26.8 Å². The van der Waals surface area contributed by atoms with E-state index in [9.17, 15) is 4.79 Å². The highest BCUT2D eigenvalue weighted by Gasteiger charge is 2.17. The minimum atomic E-state index is -0.0895. The van der Waals surface area contributed by atoms with Crippen molar-refractivity contribution in [1.29, 1.82) is 0 Å². The van der Waals surface area contributed by atoms with Crippen LogP contribution in [0.1, 0.15) is 31.1 Å². The molecule has 1 heterocycles. The third kappa shape index (κ3) is 5.05. The lowest BCUT2D eigenvalue weighted by Gasteiger charge is -2.21. The molecule has 122 valence electrons. The van der Waals surface area contributed by atoms with Gasteiger partial charge in [-0.05, 0) is 48.7 Å². The van der Waals surface area contributed by atoms with Crippen LogP contribution >= 0.6 is 11.6 Å². The lowest BCUT2D eigenvalue weighted by molar-refractivity contribution is -0.115. The van der Waals surface area contributed by atoms with Gasteiger partial charge in [-0.2, -0.15) is 0 Å². The fourth-order valence-electron chi connectivity index (χ4n) is 2.37. The van der Waals surface area contributed by atoms with E-state index in [2.05, 4.69) is 29.5 Å². The third-order valence-corrected chi connectivity index (χ3v) is 4.02. The molecule has 0 aliphatic carbocycles. The van der Waals surface area contributed by atoms with Crippen LogP contribution in [0.4, 0.5) is 5.69 Å². The van der Waals surface area contributed by atoms with Crippen molar-refractivity contribution in [2.24, 2.45) is 5.92 Å². The number of pyridine rings is 1. The Kier molecular flexibility index (Phi) is 6.13. The number of nitrogens with one attached hydrogen (secondary N) is 2. The van der Waals surface area contributed by atoms with Gasteiger partial charge in [-0.25, -0.2) is 0 Å². The highest BCUT2D eigenvalue weighted by atomic mass is 35.5. The molecule has 1 aromatic carbocycles. The maximum absolute atomic E-state index is 12.1. The SMILES string of the molecule is Cc1cc(NC(=O)CN[C@H](c2ccccn2)C(C)C)ccc1Cl. The van der Waals surface area contributed by atoms with E-state index in [-0.39, 0.29) is 18.5 Å². The molecule has 23 heavy (non-hydrogen) atoms. The van der Waals surface area contributed by atoms with Crippen LogP contribution in [-0.2, 0) is 4.79 Å². The van der Waals surface area contributed by atoms with E-state index in [0.717, 1.165) is 16.9 Å². The average molecular weight is 332 g/mol. The number of halogens is 1. The van der Waals surface area contributed by atoms with Crippen molar-refractivity contribution in [3.63, 3.8) is 0 Å². The molecule has 1 amide bonds. The molecule has 0 saturated heterocycles. The molecule has 5 heteroatoms. The molecular weight excluding hydrogens is 310 g/mol. The first-order chi connectivity index (χ1) is 11.0. The molecule has 0 radical (unpaired) electrons. The lowest BCUT2D eigenvalue weighted by Crippen LogP contribution is -2.34. The summed E-state index contributed by atoms with van der Waals surface area (Å²) in [5.41, 5.74) is 2.63. The second kappa shape index (κ2) is 8.09. The van der Waals surface area contributed by atoms with Crippen molar-refractivity contribution in [2.75, 3.05) is 11.9 Å². The highest BCUT2D eigenvalue weighted by molar-refractivity contribution is 6.31. The molecule has 4 nitrogen and oxygen atoms in total. The van der Waals surface area contributed by atoms with Crippen LogP contribution in [0.2, 0.25) is 5.02 Å². The van der Waals surface area contributed by atoms with Crippen LogP contribution in [0.5, 0.6) is 0 Å². The van der Waals surface area contributed by atoms with Crippen LogP contribution in [0.15, 0.2) is 42.6 Å². The third-order valence-electron chi connectivity index (χ3n) is 3.60. The van der Waals surface area contributed by atoms with Gasteiger partial charge >= 0.3 is 0 Å². The summed E-state index contributed by atoms with van der Waals surface area (Å²) in [4.78, 5) is 16.5. The van der Waals surface area contributed by atoms with Crippen molar-refractivity contribution < 1.29 is 4.79 Å². The first kappa shape index (κ1) is 17.4. The Morgan fingerprint density at radius 2 is 2.04 bits per heavy atom. The number of hydrogen-bond acceptors (Lipinski definition) is 3. The van der Waals surface area contributed by atoms with Gasteiger partial charge in [0.05, 0.1) is 18.3 Å². The summed E-state index contributed by atoms with van der Waals surface area (Å²) < 4.78 is 0. The maximum Gasteiger partial charge on any atom is 0.238 e. The van der Waals surface area contributed by atoms with E-state index >= 15 is 0 Å². The summed E-state index contributed by atoms with van der Waals surface area (Å²) in [7, 11) is 0. The van der Waals surface area contributed by atoms with E-state index < -0.39 is 0 Å². The Balaban J connectivity index is 1.95. The van der Waals surface area contributed by atoms with Crippen LogP contribution < -0.4 is 10.6 Å². The topological polar surface area (TPSA) is 54.0 Å². The smallest absolute Gasteiger partial charge is 0.238 e. The molecule has 0 spiro atoms. The van der Waals surface area contributed by atoms with Gasteiger partial charge in [0.2, 0.25) is 5.91 Å². The van der Waals surface area contributed by atoms with E-state index in [4.69, 9.17) is 11.6 Å². The number of anilines is 1. The molecule has 0 aliphatic heterocycles. The summed E-state index contributed by atoms with van der Waals surface area (Å²) in [5, 5.41) is 6.85. The lowest BCUT2D eigenvalue weighted by atomic mass is 10.0. The molecule has 0 unspecified atom stereocenters. The summed E-state index contributed by atoms with van der Waals surface area (Å²) in [5.74, 6) is 0.240. The Hall–Kier alpha value is -1.91. The van der Waals surface area contributed by atoms with E-state index in [1.54, 1.807) is 18.3 Å². The van der Waals surface area contributed by atoms with Gasteiger partial charge < -0.3 is 5.32 Å². The predicted molar refractivity (Wildman–Crippen MR) is 94.6 cm³/mol.